The van der Waals surface area contributed by atoms with Gasteiger partial charge in [0.15, 0.2) is 0 Å². The molecule has 0 rings (SSSR count). The molecule has 0 heterocycles. The monoisotopic (exact) mass is 791 g/mol. The van der Waals surface area contributed by atoms with E-state index in [1.54, 1.807) is 0 Å². The first-order chi connectivity index (χ1) is 27.3. The topological polar surface area (TPSA) is 142 Å². The van der Waals surface area contributed by atoms with E-state index >= 15 is 0 Å². The van der Waals surface area contributed by atoms with Gasteiger partial charge in [-0.25, -0.2) is 4.79 Å². The van der Waals surface area contributed by atoms with Crippen molar-refractivity contribution in [3.63, 3.8) is 0 Å². The summed E-state index contributed by atoms with van der Waals surface area (Å²) < 4.78 is 5.87. The Hall–Kier alpha value is -2.68. The molecule has 0 saturated heterocycles. The zero-order valence-electron chi connectivity index (χ0n) is 36.1. The number of carbonyl (C=O) groups is 4. The summed E-state index contributed by atoms with van der Waals surface area (Å²) in [7, 11) is 0. The zero-order valence-corrected chi connectivity index (χ0v) is 36.1. The fourth-order valence-corrected chi connectivity index (χ4v) is 6.85. The van der Waals surface area contributed by atoms with Crippen LogP contribution in [0.25, 0.3) is 0 Å². The predicted octanol–water partition coefficient (Wildman–Crippen LogP) is 11.6. The third-order valence-corrected chi connectivity index (χ3v) is 10.4. The highest BCUT2D eigenvalue weighted by Crippen LogP contribution is 2.17. The van der Waals surface area contributed by atoms with Crippen molar-refractivity contribution in [2.45, 2.75) is 238 Å². The van der Waals surface area contributed by atoms with Gasteiger partial charge in [-0.05, 0) is 44.6 Å². The number of carboxylic acid groups (broad SMARTS) is 1. The summed E-state index contributed by atoms with van der Waals surface area (Å²) >= 11 is 0. The molecule has 2 amide bonds. The minimum Gasteiger partial charge on any atom is -0.480 e. The summed E-state index contributed by atoms with van der Waals surface area (Å²) in [5, 5.41) is 22.5. The second-order valence-corrected chi connectivity index (χ2v) is 15.9. The van der Waals surface area contributed by atoms with E-state index in [9.17, 15) is 19.2 Å². The number of rotatable bonds is 42. The van der Waals surface area contributed by atoms with Crippen LogP contribution in [0.1, 0.15) is 226 Å². The standard InChI is InChI=1S/C47H86N2O7/c1-3-5-7-9-11-12-13-14-15-16-17-18-19-20-21-22-23-24-25-26-27-29-35-39-46(53)56-42(36-32-28-10-8-6-4-2)37-33-30-31-34-38-44(51)48-40-45(52)49-43(41-50)47(54)55/h8,10,32,36,42-43,50H,3-7,9,11-31,33-35,37-41H2,1-2H3,(H,48,51)(H,49,52)(H,54,55)/b10-8-,36-32-. The number of unbranched alkanes of at least 4 members (excludes halogenated alkanes) is 26. The molecule has 0 saturated carbocycles. The lowest BCUT2D eigenvalue weighted by atomic mass is 10.0. The van der Waals surface area contributed by atoms with Gasteiger partial charge in [0.2, 0.25) is 11.8 Å². The SMILES string of the molecule is CCC/C=C\C/C=C\C(CCCCCCC(=O)NCC(=O)NC(CO)C(=O)O)OC(=O)CCCCCCCCCCCCCCCCCCCCCCCCC. The molecular formula is C47H86N2O7. The number of carboxylic acids is 1. The quantitative estimate of drug-likeness (QED) is 0.0274. The maximum Gasteiger partial charge on any atom is 0.328 e. The lowest BCUT2D eigenvalue weighted by molar-refractivity contribution is -0.147. The molecule has 56 heavy (non-hydrogen) atoms. The molecule has 0 aliphatic heterocycles. The van der Waals surface area contributed by atoms with Crippen LogP contribution in [0.15, 0.2) is 24.3 Å². The maximum absolute atomic E-state index is 12.7. The number of hydrogen-bond acceptors (Lipinski definition) is 6. The van der Waals surface area contributed by atoms with Gasteiger partial charge < -0.3 is 25.6 Å². The van der Waals surface area contributed by atoms with Crippen molar-refractivity contribution in [2.24, 2.45) is 0 Å². The number of ether oxygens (including phenoxy) is 1. The molecule has 0 bridgehead atoms. The van der Waals surface area contributed by atoms with E-state index < -0.39 is 24.5 Å². The van der Waals surface area contributed by atoms with Gasteiger partial charge in [-0.3, -0.25) is 14.4 Å². The Morgan fingerprint density at radius 3 is 1.48 bits per heavy atom. The smallest absolute Gasteiger partial charge is 0.328 e. The number of nitrogens with one attached hydrogen (secondary N) is 2. The second-order valence-electron chi connectivity index (χ2n) is 15.9. The van der Waals surface area contributed by atoms with E-state index in [1.165, 1.54) is 135 Å². The first kappa shape index (κ1) is 53.3. The molecular weight excluding hydrogens is 705 g/mol. The summed E-state index contributed by atoms with van der Waals surface area (Å²) in [6, 6.07) is -1.39. The summed E-state index contributed by atoms with van der Waals surface area (Å²) in [4.78, 5) is 47.5. The molecule has 2 atom stereocenters. The Balaban J connectivity index is 3.97. The van der Waals surface area contributed by atoms with Crippen molar-refractivity contribution in [1.29, 1.82) is 0 Å². The van der Waals surface area contributed by atoms with Crippen molar-refractivity contribution in [3.05, 3.63) is 24.3 Å². The van der Waals surface area contributed by atoms with Gasteiger partial charge >= 0.3 is 11.9 Å². The van der Waals surface area contributed by atoms with Crippen LogP contribution in [-0.4, -0.2) is 59.3 Å². The Kier molecular flexibility index (Phi) is 39.9. The van der Waals surface area contributed by atoms with Crippen LogP contribution in [0.2, 0.25) is 0 Å². The highest BCUT2D eigenvalue weighted by atomic mass is 16.5. The fraction of sp³-hybridized carbons (Fsp3) is 0.830. The van der Waals surface area contributed by atoms with Crippen LogP contribution < -0.4 is 10.6 Å². The number of hydrogen-bond donors (Lipinski definition) is 4. The Morgan fingerprint density at radius 1 is 0.554 bits per heavy atom. The van der Waals surface area contributed by atoms with E-state index in [0.717, 1.165) is 57.8 Å². The van der Waals surface area contributed by atoms with Gasteiger partial charge in [0, 0.05) is 12.8 Å². The van der Waals surface area contributed by atoms with Crippen molar-refractivity contribution in [1.82, 2.24) is 10.6 Å². The molecule has 0 aliphatic carbocycles. The molecule has 326 valence electrons. The lowest BCUT2D eigenvalue weighted by Gasteiger charge is -2.15. The van der Waals surface area contributed by atoms with Gasteiger partial charge in [0.1, 0.15) is 12.1 Å². The zero-order chi connectivity index (χ0) is 41.2. The van der Waals surface area contributed by atoms with Crippen molar-refractivity contribution in [3.8, 4) is 0 Å². The summed E-state index contributed by atoms with van der Waals surface area (Å²) in [6.07, 6.45) is 46.9. The minimum absolute atomic E-state index is 0.126. The number of carbonyl (C=O) groups excluding carboxylic acids is 3. The van der Waals surface area contributed by atoms with E-state index in [2.05, 4.69) is 42.7 Å². The Bertz CT molecular complexity index is 999. The van der Waals surface area contributed by atoms with Crippen LogP contribution in [0.3, 0.4) is 0 Å². The van der Waals surface area contributed by atoms with E-state index in [-0.39, 0.29) is 30.9 Å². The average Bonchev–Trinajstić information content (AvgIpc) is 3.18. The molecule has 9 heteroatoms. The normalized spacial score (nSPS) is 12.6. The fourth-order valence-electron chi connectivity index (χ4n) is 6.85. The molecule has 0 spiro atoms. The average molecular weight is 791 g/mol. The van der Waals surface area contributed by atoms with Gasteiger partial charge in [-0.1, -0.05) is 193 Å². The van der Waals surface area contributed by atoms with Crippen LogP contribution >= 0.6 is 0 Å². The van der Waals surface area contributed by atoms with Crippen LogP contribution in [0.5, 0.6) is 0 Å². The van der Waals surface area contributed by atoms with Gasteiger partial charge in [0.05, 0.1) is 13.2 Å². The first-order valence-electron chi connectivity index (χ1n) is 23.2. The van der Waals surface area contributed by atoms with E-state index in [4.69, 9.17) is 14.9 Å². The molecule has 0 aromatic heterocycles. The van der Waals surface area contributed by atoms with Gasteiger partial charge in [0.25, 0.3) is 0 Å². The van der Waals surface area contributed by atoms with Crippen molar-refractivity contribution in [2.75, 3.05) is 13.2 Å². The van der Waals surface area contributed by atoms with Gasteiger partial charge in [-0.15, -0.1) is 0 Å². The number of aliphatic hydroxyl groups excluding tert-OH is 1. The number of amides is 2. The highest BCUT2D eigenvalue weighted by molar-refractivity contribution is 5.87. The number of allylic oxidation sites excluding steroid dienone is 3. The van der Waals surface area contributed by atoms with Gasteiger partial charge in [-0.2, -0.15) is 0 Å². The number of esters is 1. The lowest BCUT2D eigenvalue weighted by Crippen LogP contribution is -2.47. The summed E-state index contributed by atoms with van der Waals surface area (Å²) in [5.41, 5.74) is 0. The number of aliphatic carboxylic acids is 1. The number of aliphatic hydroxyl groups is 1. The third kappa shape index (κ3) is 38.2. The molecule has 0 aromatic rings. The second kappa shape index (κ2) is 41.9. The molecule has 0 radical (unpaired) electrons. The molecule has 9 nitrogen and oxygen atoms in total. The van der Waals surface area contributed by atoms with Crippen LogP contribution in [0.4, 0.5) is 0 Å². The third-order valence-electron chi connectivity index (χ3n) is 10.4. The summed E-state index contributed by atoms with van der Waals surface area (Å²) in [6.45, 7) is 3.38. The highest BCUT2D eigenvalue weighted by Gasteiger charge is 2.18. The Labute approximate surface area is 343 Å². The van der Waals surface area contributed by atoms with E-state index in [1.807, 2.05) is 6.08 Å². The van der Waals surface area contributed by atoms with Crippen molar-refractivity contribution < 1.29 is 34.1 Å². The molecule has 4 N–H and O–H groups in total. The molecule has 0 fully saturated rings. The predicted molar refractivity (Wildman–Crippen MR) is 232 cm³/mol. The van der Waals surface area contributed by atoms with E-state index in [0.29, 0.717) is 12.8 Å². The molecule has 0 aliphatic rings. The van der Waals surface area contributed by atoms with Crippen LogP contribution in [-0.2, 0) is 23.9 Å². The largest absolute Gasteiger partial charge is 0.480 e. The Morgan fingerprint density at radius 2 is 1.02 bits per heavy atom. The van der Waals surface area contributed by atoms with Crippen LogP contribution in [0, 0.1) is 0 Å². The van der Waals surface area contributed by atoms with Crippen molar-refractivity contribution >= 4 is 23.8 Å². The minimum atomic E-state index is -1.39. The first-order valence-corrected chi connectivity index (χ1v) is 23.2. The maximum atomic E-state index is 12.7. The molecule has 0 aromatic carbocycles. The summed E-state index contributed by atoms with van der Waals surface area (Å²) in [5.74, 6) is -2.42. The molecule has 2 unspecified atom stereocenters.